The number of aromatic nitrogens is 2. The summed E-state index contributed by atoms with van der Waals surface area (Å²) in [5.41, 5.74) is 2.37. The molecule has 0 aliphatic carbocycles. The molecule has 0 amide bonds. The van der Waals surface area contributed by atoms with Gasteiger partial charge in [-0.2, -0.15) is 13.2 Å². The Labute approximate surface area is 233 Å². The first-order valence-corrected chi connectivity index (χ1v) is 13.2. The van der Waals surface area contributed by atoms with E-state index in [1.165, 1.54) is 12.3 Å². The normalized spacial score (nSPS) is 17.1. The zero-order valence-electron chi connectivity index (χ0n) is 23.3. The number of anilines is 1. The zero-order chi connectivity index (χ0) is 28.9. The molecule has 7 nitrogen and oxygen atoms in total. The van der Waals surface area contributed by atoms with Gasteiger partial charge in [-0.3, -0.25) is 14.9 Å². The van der Waals surface area contributed by atoms with E-state index in [1.807, 2.05) is 19.1 Å². The topological polar surface area (TPSA) is 75.0 Å². The second-order valence-corrected chi connectivity index (χ2v) is 10.9. The minimum Gasteiger partial charge on any atom is -0.380 e. The molecular weight excluding hydrogens is 517 g/mol. The van der Waals surface area contributed by atoms with E-state index in [0.717, 1.165) is 36.1 Å². The Morgan fingerprint density at radius 2 is 1.95 bits per heavy atom. The summed E-state index contributed by atoms with van der Waals surface area (Å²) >= 11 is 0. The van der Waals surface area contributed by atoms with Crippen molar-refractivity contribution in [3.05, 3.63) is 71.7 Å². The zero-order valence-corrected chi connectivity index (χ0v) is 23.3. The van der Waals surface area contributed by atoms with Crippen molar-refractivity contribution in [3.8, 4) is 11.3 Å². The van der Waals surface area contributed by atoms with Crippen LogP contribution < -0.4 is 5.32 Å². The molecule has 1 saturated heterocycles. The summed E-state index contributed by atoms with van der Waals surface area (Å²) in [6.07, 6.45) is -1.32. The van der Waals surface area contributed by atoms with Crippen molar-refractivity contribution in [2.45, 2.75) is 51.9 Å². The molecule has 0 saturated carbocycles. The van der Waals surface area contributed by atoms with Crippen molar-refractivity contribution in [2.24, 2.45) is 9.98 Å². The van der Waals surface area contributed by atoms with Crippen LogP contribution in [0.3, 0.4) is 0 Å². The number of aliphatic imine (C=N–C) groups is 2. The quantitative estimate of drug-likeness (QED) is 0.267. The van der Waals surface area contributed by atoms with Gasteiger partial charge in [0, 0.05) is 42.5 Å². The molecule has 212 valence electrons. The summed E-state index contributed by atoms with van der Waals surface area (Å²) < 4.78 is 46.9. The highest BCUT2D eigenvalue weighted by molar-refractivity contribution is 5.91. The van der Waals surface area contributed by atoms with Crippen LogP contribution >= 0.6 is 0 Å². The van der Waals surface area contributed by atoms with Gasteiger partial charge in [-0.1, -0.05) is 32.9 Å². The summed E-state index contributed by atoms with van der Waals surface area (Å²) in [6, 6.07) is 11.3. The monoisotopic (exact) mass is 552 g/mol. The van der Waals surface area contributed by atoms with E-state index in [9.17, 15) is 13.2 Å². The van der Waals surface area contributed by atoms with E-state index >= 15 is 0 Å². The number of amidine groups is 1. The van der Waals surface area contributed by atoms with E-state index in [1.54, 1.807) is 24.4 Å². The average Bonchev–Trinajstić information content (AvgIpc) is 2.91. The van der Waals surface area contributed by atoms with Crippen molar-refractivity contribution >= 4 is 23.9 Å². The van der Waals surface area contributed by atoms with Gasteiger partial charge < -0.3 is 10.1 Å². The number of nitrogens with one attached hydrogen (secondary N) is 1. The number of pyridine rings is 2. The highest BCUT2D eigenvalue weighted by Crippen LogP contribution is 2.37. The van der Waals surface area contributed by atoms with E-state index < -0.39 is 11.7 Å². The minimum atomic E-state index is -4.54. The molecule has 1 aromatic carbocycles. The third-order valence-electron chi connectivity index (χ3n) is 6.61. The lowest BCUT2D eigenvalue weighted by atomic mass is 9.92. The van der Waals surface area contributed by atoms with Gasteiger partial charge in [-0.15, -0.1) is 0 Å². The van der Waals surface area contributed by atoms with Crippen molar-refractivity contribution in [1.82, 2.24) is 14.9 Å². The number of rotatable bonds is 7. The van der Waals surface area contributed by atoms with Gasteiger partial charge in [-0.25, -0.2) is 9.98 Å². The van der Waals surface area contributed by atoms with Crippen LogP contribution in [-0.2, 0) is 22.9 Å². The molecule has 4 rings (SSSR count). The van der Waals surface area contributed by atoms with Crippen LogP contribution in [0.4, 0.5) is 24.5 Å². The maximum atomic E-state index is 13.8. The Morgan fingerprint density at radius 1 is 1.15 bits per heavy atom. The molecule has 3 heterocycles. The van der Waals surface area contributed by atoms with E-state index in [4.69, 9.17) is 9.73 Å². The third kappa shape index (κ3) is 7.51. The van der Waals surface area contributed by atoms with Crippen LogP contribution in [0.1, 0.15) is 44.5 Å². The van der Waals surface area contributed by atoms with Crippen LogP contribution in [0.2, 0.25) is 0 Å². The van der Waals surface area contributed by atoms with E-state index in [2.05, 4.69) is 52.7 Å². The molecule has 3 aromatic rings. The molecule has 1 atom stereocenters. The van der Waals surface area contributed by atoms with E-state index in [0.29, 0.717) is 36.8 Å². The van der Waals surface area contributed by atoms with Crippen LogP contribution in [0.25, 0.3) is 11.3 Å². The maximum absolute atomic E-state index is 13.8. The fraction of sp³-hybridized carbons (Fsp3) is 0.400. The number of morpholine rings is 1. The Bertz CT molecular complexity index is 1350. The minimum absolute atomic E-state index is 0.0661. The number of alkyl halides is 3. The Balaban J connectivity index is 1.68. The highest BCUT2D eigenvalue weighted by Gasteiger charge is 2.34. The van der Waals surface area contributed by atoms with Crippen molar-refractivity contribution in [3.63, 3.8) is 0 Å². The van der Waals surface area contributed by atoms with Gasteiger partial charge in [0.15, 0.2) is 0 Å². The molecule has 1 aliphatic heterocycles. The Hall–Kier alpha value is -3.63. The first-order valence-electron chi connectivity index (χ1n) is 13.2. The second kappa shape index (κ2) is 12.3. The SMILES string of the molecule is C=NC(CN1CCO[C@@H](C)C1)=Nc1cc(-c2ncccc2C(F)(F)F)ccc1CNc1ccc(C(C)(C)C)nc1. The average molecular weight is 553 g/mol. The molecule has 1 N–H and O–H groups in total. The number of nitrogens with zero attached hydrogens (tertiary/aromatic N) is 5. The van der Waals surface area contributed by atoms with Crippen LogP contribution in [-0.4, -0.2) is 59.8 Å². The second-order valence-electron chi connectivity index (χ2n) is 10.9. The smallest absolute Gasteiger partial charge is 0.380 e. The first-order chi connectivity index (χ1) is 18.9. The largest absolute Gasteiger partial charge is 0.418 e. The van der Waals surface area contributed by atoms with Crippen molar-refractivity contribution in [2.75, 3.05) is 31.6 Å². The molecule has 0 radical (unpaired) electrons. The number of benzene rings is 1. The van der Waals surface area contributed by atoms with E-state index in [-0.39, 0.29) is 17.2 Å². The van der Waals surface area contributed by atoms with Crippen LogP contribution in [0, 0.1) is 0 Å². The molecule has 0 spiro atoms. The Morgan fingerprint density at radius 3 is 2.60 bits per heavy atom. The van der Waals surface area contributed by atoms with Gasteiger partial charge in [0.25, 0.3) is 0 Å². The first kappa shape index (κ1) is 29.4. The van der Waals surface area contributed by atoms with Gasteiger partial charge >= 0.3 is 6.18 Å². The third-order valence-corrected chi connectivity index (χ3v) is 6.61. The van der Waals surface area contributed by atoms with Crippen molar-refractivity contribution in [1.29, 1.82) is 0 Å². The molecular formula is C30H35F3N6O. The van der Waals surface area contributed by atoms with Crippen molar-refractivity contribution < 1.29 is 17.9 Å². The number of ether oxygens (including phenoxy) is 1. The predicted octanol–water partition coefficient (Wildman–Crippen LogP) is 6.52. The summed E-state index contributed by atoms with van der Waals surface area (Å²) in [5.74, 6) is 0.473. The lowest BCUT2D eigenvalue weighted by Gasteiger charge is -2.30. The molecule has 0 unspecified atom stereocenters. The molecule has 2 aromatic heterocycles. The van der Waals surface area contributed by atoms with Gasteiger partial charge in [0.2, 0.25) is 0 Å². The van der Waals surface area contributed by atoms with Crippen LogP contribution in [0.15, 0.2) is 64.8 Å². The molecule has 1 fully saturated rings. The maximum Gasteiger partial charge on any atom is 0.418 e. The fourth-order valence-corrected chi connectivity index (χ4v) is 4.46. The molecule has 40 heavy (non-hydrogen) atoms. The molecule has 0 bridgehead atoms. The number of halogens is 3. The lowest BCUT2D eigenvalue weighted by molar-refractivity contribution is -0.137. The number of hydrogen-bond acceptors (Lipinski definition) is 6. The lowest BCUT2D eigenvalue weighted by Crippen LogP contribution is -2.43. The van der Waals surface area contributed by atoms with Gasteiger partial charge in [0.1, 0.15) is 5.84 Å². The molecule has 1 aliphatic rings. The fourth-order valence-electron chi connectivity index (χ4n) is 4.46. The number of hydrogen-bond donors (Lipinski definition) is 1. The van der Waals surface area contributed by atoms with Crippen LogP contribution in [0.5, 0.6) is 0 Å². The van der Waals surface area contributed by atoms with Gasteiger partial charge in [-0.05, 0) is 49.5 Å². The Kier molecular flexibility index (Phi) is 9.00. The van der Waals surface area contributed by atoms with Gasteiger partial charge in [0.05, 0.1) is 48.1 Å². The predicted molar refractivity (Wildman–Crippen MR) is 153 cm³/mol. The highest BCUT2D eigenvalue weighted by atomic mass is 19.4. The summed E-state index contributed by atoms with van der Waals surface area (Å²) in [4.78, 5) is 19.7. The standard InChI is InChI=1S/C30H35F3N6O/c1-20-18-39(13-14-40-20)19-27(34-5)38-25-15-21(28-24(30(31,32)33)7-6-12-35-28)8-9-22(25)16-36-23-10-11-26(37-17-23)29(2,3)4/h6-12,15,17,20,36H,5,13-14,16,18-19H2,1-4H3/t20-/m0/s1. The summed E-state index contributed by atoms with van der Waals surface area (Å²) in [5, 5.41) is 3.35. The summed E-state index contributed by atoms with van der Waals surface area (Å²) in [7, 11) is 0. The summed E-state index contributed by atoms with van der Waals surface area (Å²) in [6.45, 7) is 14.9. The molecule has 10 heteroatoms.